The molecular formula is C10H12NOS. The van der Waals surface area contributed by atoms with E-state index in [1.165, 1.54) is 4.90 Å². The Kier molecular flexibility index (Phi) is 2.47. The molecule has 1 unspecified atom stereocenters. The predicted molar refractivity (Wildman–Crippen MR) is 55.9 cm³/mol. The molecule has 1 atom stereocenters. The van der Waals surface area contributed by atoms with E-state index in [9.17, 15) is 5.11 Å². The zero-order chi connectivity index (χ0) is 9.26. The normalized spacial score (nSPS) is 18.2. The van der Waals surface area contributed by atoms with Crippen LogP contribution in [0.5, 0.6) is 0 Å². The molecule has 0 fully saturated rings. The molecular weight excluding hydrogens is 182 g/mol. The number of anilines is 1. The lowest BCUT2D eigenvalue weighted by atomic mass is 10.2. The number of hydrogen-bond acceptors (Lipinski definition) is 3. The molecule has 1 aromatic carbocycles. The van der Waals surface area contributed by atoms with Crippen LogP contribution in [0.1, 0.15) is 0 Å². The number of rotatable bonds is 1. The lowest BCUT2D eigenvalue weighted by Crippen LogP contribution is -2.37. The Labute approximate surface area is 82.6 Å². The van der Waals surface area contributed by atoms with Crippen molar-refractivity contribution in [3.05, 3.63) is 31.2 Å². The first-order valence-electron chi connectivity index (χ1n) is 4.28. The summed E-state index contributed by atoms with van der Waals surface area (Å²) in [5.74, 6) is 1.02. The largest absolute Gasteiger partial charge is 0.374 e. The van der Waals surface area contributed by atoms with Gasteiger partial charge < -0.3 is 10.0 Å². The van der Waals surface area contributed by atoms with Gasteiger partial charge in [0.25, 0.3) is 0 Å². The topological polar surface area (TPSA) is 23.5 Å². The molecule has 3 heteroatoms. The molecule has 0 bridgehead atoms. The highest BCUT2D eigenvalue weighted by Crippen LogP contribution is 2.34. The molecule has 1 radical (unpaired) electrons. The molecule has 69 valence electrons. The summed E-state index contributed by atoms with van der Waals surface area (Å²) >= 11 is 1.83. The van der Waals surface area contributed by atoms with Crippen LogP contribution in [0.15, 0.2) is 29.2 Å². The number of para-hydroxylation sites is 1. The molecule has 1 aromatic rings. The van der Waals surface area contributed by atoms with Crippen LogP contribution in [0.25, 0.3) is 0 Å². The maximum atomic E-state index is 9.43. The number of thioether (sulfide) groups is 1. The van der Waals surface area contributed by atoms with E-state index in [1.54, 1.807) is 0 Å². The molecule has 0 amide bonds. The zero-order valence-electron chi connectivity index (χ0n) is 7.31. The van der Waals surface area contributed by atoms with Crippen molar-refractivity contribution in [1.29, 1.82) is 0 Å². The van der Waals surface area contributed by atoms with Gasteiger partial charge in [-0.25, -0.2) is 0 Å². The molecule has 0 spiro atoms. The van der Waals surface area contributed by atoms with E-state index >= 15 is 0 Å². The molecule has 1 N–H and O–H groups in total. The Balaban J connectivity index is 2.37. The molecule has 1 heterocycles. The molecule has 0 saturated carbocycles. The van der Waals surface area contributed by atoms with E-state index in [1.807, 2.05) is 34.9 Å². The SMILES string of the molecule is [CH2]C(O)N1CCSc2ccccc21. The van der Waals surface area contributed by atoms with Gasteiger partial charge >= 0.3 is 0 Å². The minimum atomic E-state index is -0.637. The quantitative estimate of drug-likeness (QED) is 0.736. The molecule has 0 saturated heterocycles. The van der Waals surface area contributed by atoms with Crippen LogP contribution in [0.3, 0.4) is 0 Å². The van der Waals surface area contributed by atoms with Gasteiger partial charge in [0.15, 0.2) is 0 Å². The van der Waals surface area contributed by atoms with Gasteiger partial charge in [-0.2, -0.15) is 0 Å². The van der Waals surface area contributed by atoms with E-state index in [4.69, 9.17) is 0 Å². The Morgan fingerprint density at radius 2 is 2.23 bits per heavy atom. The third-order valence-corrected chi connectivity index (χ3v) is 3.17. The highest BCUT2D eigenvalue weighted by atomic mass is 32.2. The van der Waals surface area contributed by atoms with Crippen LogP contribution in [-0.2, 0) is 0 Å². The van der Waals surface area contributed by atoms with Crippen molar-refractivity contribution >= 4 is 17.4 Å². The average Bonchev–Trinajstić information content (AvgIpc) is 2.17. The van der Waals surface area contributed by atoms with Gasteiger partial charge in [-0.1, -0.05) is 12.1 Å². The fourth-order valence-electron chi connectivity index (χ4n) is 1.50. The van der Waals surface area contributed by atoms with E-state index in [0.29, 0.717) is 0 Å². The van der Waals surface area contributed by atoms with Crippen molar-refractivity contribution in [3.8, 4) is 0 Å². The highest BCUT2D eigenvalue weighted by molar-refractivity contribution is 7.99. The first-order chi connectivity index (χ1) is 6.29. The van der Waals surface area contributed by atoms with Gasteiger partial charge in [0.2, 0.25) is 0 Å². The van der Waals surface area contributed by atoms with Crippen molar-refractivity contribution in [1.82, 2.24) is 0 Å². The Morgan fingerprint density at radius 1 is 1.46 bits per heavy atom. The summed E-state index contributed by atoms with van der Waals surface area (Å²) in [6, 6.07) is 8.11. The summed E-state index contributed by atoms with van der Waals surface area (Å²) in [4.78, 5) is 3.16. The fourth-order valence-corrected chi connectivity index (χ4v) is 2.52. The zero-order valence-corrected chi connectivity index (χ0v) is 8.13. The van der Waals surface area contributed by atoms with Gasteiger partial charge in [-0.05, 0) is 19.1 Å². The number of fused-ring (bicyclic) bond motifs is 1. The monoisotopic (exact) mass is 194 g/mol. The lowest BCUT2D eigenvalue weighted by Gasteiger charge is -2.32. The van der Waals surface area contributed by atoms with Gasteiger partial charge in [-0.3, -0.25) is 0 Å². The molecule has 2 nitrogen and oxygen atoms in total. The van der Waals surface area contributed by atoms with E-state index in [-0.39, 0.29) is 0 Å². The second kappa shape index (κ2) is 3.60. The smallest absolute Gasteiger partial charge is 0.127 e. The third-order valence-electron chi connectivity index (χ3n) is 2.12. The van der Waals surface area contributed by atoms with Crippen molar-refractivity contribution in [3.63, 3.8) is 0 Å². The summed E-state index contributed by atoms with van der Waals surface area (Å²) in [5.41, 5.74) is 1.10. The summed E-state index contributed by atoms with van der Waals surface area (Å²) in [7, 11) is 0. The van der Waals surface area contributed by atoms with Crippen molar-refractivity contribution < 1.29 is 5.11 Å². The minimum absolute atomic E-state index is 0.637. The number of aliphatic hydroxyl groups is 1. The van der Waals surface area contributed by atoms with Crippen LogP contribution in [0.4, 0.5) is 5.69 Å². The molecule has 0 aliphatic carbocycles. The Bertz CT molecular complexity index is 301. The number of nitrogens with zero attached hydrogens (tertiary/aromatic N) is 1. The maximum absolute atomic E-state index is 9.43. The van der Waals surface area contributed by atoms with Crippen molar-refractivity contribution in [2.24, 2.45) is 0 Å². The van der Waals surface area contributed by atoms with E-state index in [0.717, 1.165) is 18.0 Å². The summed E-state index contributed by atoms with van der Waals surface area (Å²) < 4.78 is 0. The molecule has 1 aliphatic rings. The van der Waals surface area contributed by atoms with E-state index < -0.39 is 6.23 Å². The van der Waals surface area contributed by atoms with Crippen molar-refractivity contribution in [2.75, 3.05) is 17.2 Å². The van der Waals surface area contributed by atoms with Crippen molar-refractivity contribution in [2.45, 2.75) is 11.1 Å². The molecule has 1 aliphatic heterocycles. The van der Waals surface area contributed by atoms with Gasteiger partial charge in [-0.15, -0.1) is 11.8 Å². The lowest BCUT2D eigenvalue weighted by molar-refractivity contribution is 0.214. The minimum Gasteiger partial charge on any atom is -0.374 e. The highest BCUT2D eigenvalue weighted by Gasteiger charge is 2.19. The Hall–Kier alpha value is -0.670. The fraction of sp³-hybridized carbons (Fsp3) is 0.300. The van der Waals surface area contributed by atoms with Crippen LogP contribution < -0.4 is 4.90 Å². The molecule has 2 rings (SSSR count). The standard InChI is InChI=1S/C10H12NOS/c1-8(12)11-6-7-13-10-5-3-2-4-9(10)11/h2-5,8,12H,1,6-7H2. The van der Waals surface area contributed by atoms with Gasteiger partial charge in [0, 0.05) is 17.2 Å². The summed E-state index contributed by atoms with van der Waals surface area (Å²) in [6.45, 7) is 4.50. The van der Waals surface area contributed by atoms with Crippen LogP contribution in [-0.4, -0.2) is 23.6 Å². The van der Waals surface area contributed by atoms with Crippen LogP contribution >= 0.6 is 11.8 Å². The summed E-state index contributed by atoms with van der Waals surface area (Å²) in [6.07, 6.45) is -0.637. The van der Waals surface area contributed by atoms with Crippen LogP contribution in [0, 0.1) is 6.92 Å². The number of aliphatic hydroxyl groups excluding tert-OH is 1. The molecule has 0 aromatic heterocycles. The number of benzene rings is 1. The van der Waals surface area contributed by atoms with E-state index in [2.05, 4.69) is 13.0 Å². The first kappa shape index (κ1) is 8.91. The van der Waals surface area contributed by atoms with Gasteiger partial charge in [0.1, 0.15) is 6.23 Å². The third kappa shape index (κ3) is 1.67. The maximum Gasteiger partial charge on any atom is 0.127 e. The van der Waals surface area contributed by atoms with Gasteiger partial charge in [0.05, 0.1) is 5.69 Å². The average molecular weight is 194 g/mol. The Morgan fingerprint density at radius 3 is 3.00 bits per heavy atom. The second-order valence-electron chi connectivity index (χ2n) is 2.99. The molecule has 13 heavy (non-hydrogen) atoms. The predicted octanol–water partition coefficient (Wildman–Crippen LogP) is 1.75. The first-order valence-corrected chi connectivity index (χ1v) is 5.27. The van der Waals surface area contributed by atoms with Crippen LogP contribution in [0.2, 0.25) is 0 Å². The second-order valence-corrected chi connectivity index (χ2v) is 4.13. The summed E-state index contributed by atoms with van der Waals surface area (Å²) in [5, 5.41) is 9.43. The number of hydrogen-bond donors (Lipinski definition) is 1.